The molecule has 0 saturated heterocycles. The van der Waals surface area contributed by atoms with Crippen LogP contribution in [0.25, 0.3) is 0 Å². The van der Waals surface area contributed by atoms with Crippen molar-refractivity contribution in [1.29, 1.82) is 0 Å². The zero-order valence-electron chi connectivity index (χ0n) is 15.4. The van der Waals surface area contributed by atoms with E-state index in [0.717, 1.165) is 12.8 Å². The monoisotopic (exact) mass is 314 g/mol. The summed E-state index contributed by atoms with van der Waals surface area (Å²) >= 11 is 0. The van der Waals surface area contributed by atoms with Gasteiger partial charge in [0.1, 0.15) is 0 Å². The van der Waals surface area contributed by atoms with Crippen LogP contribution in [0.4, 0.5) is 0 Å². The molecule has 0 radical (unpaired) electrons. The van der Waals surface area contributed by atoms with E-state index < -0.39 is 8.32 Å². The van der Waals surface area contributed by atoms with Crippen molar-refractivity contribution in [2.45, 2.75) is 78.6 Å². The van der Waals surface area contributed by atoms with Gasteiger partial charge in [-0.15, -0.1) is 0 Å². The van der Waals surface area contributed by atoms with Crippen LogP contribution in [0, 0.1) is 17.3 Å². The smallest absolute Gasteiger partial charge is 0.311 e. The van der Waals surface area contributed by atoms with Crippen LogP contribution in [0.1, 0.15) is 54.4 Å². The van der Waals surface area contributed by atoms with Gasteiger partial charge >= 0.3 is 5.97 Å². The van der Waals surface area contributed by atoms with Crippen LogP contribution in [0.5, 0.6) is 0 Å². The van der Waals surface area contributed by atoms with Crippen molar-refractivity contribution in [3.63, 3.8) is 0 Å². The molecule has 21 heavy (non-hydrogen) atoms. The van der Waals surface area contributed by atoms with E-state index in [1.807, 2.05) is 0 Å². The number of ether oxygens (including phenoxy) is 1. The van der Waals surface area contributed by atoms with Gasteiger partial charge in [0.05, 0.1) is 19.1 Å². The molecular formula is C17H34O3Si. The average Bonchev–Trinajstić information content (AvgIpc) is 2.69. The maximum atomic E-state index is 12.3. The molecule has 0 amide bonds. The first-order valence-electron chi connectivity index (χ1n) is 8.07. The third-order valence-corrected chi connectivity index (χ3v) is 9.94. The lowest BCUT2D eigenvalue weighted by atomic mass is 9.74. The van der Waals surface area contributed by atoms with Crippen LogP contribution in [0.2, 0.25) is 18.1 Å². The van der Waals surface area contributed by atoms with Crippen LogP contribution in [0.15, 0.2) is 0 Å². The molecule has 4 heteroatoms. The van der Waals surface area contributed by atoms with Gasteiger partial charge in [0, 0.05) is 0 Å². The molecule has 1 aliphatic carbocycles. The first kappa shape index (κ1) is 18.7. The third kappa shape index (κ3) is 4.10. The lowest BCUT2D eigenvalue weighted by Gasteiger charge is -2.40. The molecule has 0 heterocycles. The van der Waals surface area contributed by atoms with Crippen molar-refractivity contribution < 1.29 is 14.0 Å². The Morgan fingerprint density at radius 2 is 1.57 bits per heavy atom. The van der Waals surface area contributed by atoms with Crippen LogP contribution in [-0.2, 0) is 14.0 Å². The second-order valence-corrected chi connectivity index (χ2v) is 13.8. The SMILES string of the molecule is COC(=O)[C@H]1[C@@H](O[Si](C)(C)C(C)(C)C)CC[C@@H]1C(C)(C)C. The van der Waals surface area contributed by atoms with Crippen LogP contribution < -0.4 is 0 Å². The predicted octanol–water partition coefficient (Wildman–Crippen LogP) is 4.62. The number of methoxy groups -OCH3 is 1. The summed E-state index contributed by atoms with van der Waals surface area (Å²) < 4.78 is 11.6. The van der Waals surface area contributed by atoms with E-state index in [2.05, 4.69) is 54.6 Å². The molecule has 3 nitrogen and oxygen atoms in total. The Morgan fingerprint density at radius 1 is 1.05 bits per heavy atom. The van der Waals surface area contributed by atoms with Gasteiger partial charge in [-0.05, 0) is 42.3 Å². The normalized spacial score (nSPS) is 27.8. The van der Waals surface area contributed by atoms with E-state index >= 15 is 0 Å². The predicted molar refractivity (Wildman–Crippen MR) is 89.8 cm³/mol. The highest BCUT2D eigenvalue weighted by Crippen LogP contribution is 2.48. The topological polar surface area (TPSA) is 35.5 Å². The first-order chi connectivity index (χ1) is 9.31. The van der Waals surface area contributed by atoms with E-state index in [9.17, 15) is 4.79 Å². The molecule has 0 spiro atoms. The number of carbonyl (C=O) groups excluding carboxylic acids is 1. The molecule has 124 valence electrons. The maximum absolute atomic E-state index is 12.3. The minimum atomic E-state index is -1.87. The van der Waals surface area contributed by atoms with Crippen molar-refractivity contribution in [1.82, 2.24) is 0 Å². The number of hydrogen-bond donors (Lipinski definition) is 0. The van der Waals surface area contributed by atoms with E-state index in [1.165, 1.54) is 7.11 Å². The fraction of sp³-hybridized carbons (Fsp3) is 0.941. The molecule has 0 N–H and O–H groups in total. The first-order valence-corrected chi connectivity index (χ1v) is 11.0. The van der Waals surface area contributed by atoms with Gasteiger partial charge in [-0.25, -0.2) is 0 Å². The van der Waals surface area contributed by atoms with Gasteiger partial charge in [0.25, 0.3) is 0 Å². The Bertz CT molecular complexity index is 376. The fourth-order valence-electron chi connectivity index (χ4n) is 3.07. The molecule has 0 aromatic heterocycles. The third-order valence-electron chi connectivity index (χ3n) is 5.43. The van der Waals surface area contributed by atoms with Crippen molar-refractivity contribution in [3.05, 3.63) is 0 Å². The summed E-state index contributed by atoms with van der Waals surface area (Å²) in [5, 5.41) is 0.160. The second kappa shape index (κ2) is 6.03. The number of hydrogen-bond acceptors (Lipinski definition) is 3. The second-order valence-electron chi connectivity index (χ2n) is 9.02. The summed E-state index contributed by atoms with van der Waals surface area (Å²) in [6, 6.07) is 0. The van der Waals surface area contributed by atoms with E-state index in [0.29, 0.717) is 5.92 Å². The molecule has 1 saturated carbocycles. The highest BCUT2D eigenvalue weighted by atomic mass is 28.4. The maximum Gasteiger partial charge on any atom is 0.311 e. The minimum Gasteiger partial charge on any atom is -0.469 e. The lowest BCUT2D eigenvalue weighted by Crippen LogP contribution is -2.47. The Morgan fingerprint density at radius 3 is 1.95 bits per heavy atom. The molecule has 3 atom stereocenters. The molecule has 0 aliphatic heterocycles. The Labute approximate surface area is 131 Å². The quantitative estimate of drug-likeness (QED) is 0.563. The summed E-state index contributed by atoms with van der Waals surface area (Å²) in [6.45, 7) is 17.9. The van der Waals surface area contributed by atoms with Crippen LogP contribution in [-0.4, -0.2) is 27.5 Å². The molecule has 0 aromatic rings. The summed E-state index contributed by atoms with van der Waals surface area (Å²) in [5.74, 6) is 0.111. The van der Waals surface area contributed by atoms with Gasteiger partial charge in [-0.1, -0.05) is 41.5 Å². The van der Waals surface area contributed by atoms with Gasteiger partial charge in [-0.2, -0.15) is 0 Å². The van der Waals surface area contributed by atoms with Gasteiger partial charge < -0.3 is 9.16 Å². The summed E-state index contributed by atoms with van der Waals surface area (Å²) in [7, 11) is -0.377. The minimum absolute atomic E-state index is 0.0163. The van der Waals surface area contributed by atoms with Crippen LogP contribution >= 0.6 is 0 Å². The molecule has 1 fully saturated rings. The van der Waals surface area contributed by atoms with Crippen molar-refractivity contribution >= 4 is 14.3 Å². The van der Waals surface area contributed by atoms with E-state index in [4.69, 9.17) is 9.16 Å². The van der Waals surface area contributed by atoms with Gasteiger partial charge in [0.2, 0.25) is 0 Å². The Balaban J connectivity index is 3.00. The van der Waals surface area contributed by atoms with Crippen molar-refractivity contribution in [2.24, 2.45) is 17.3 Å². The molecule has 0 bridgehead atoms. The van der Waals surface area contributed by atoms with E-state index in [-0.39, 0.29) is 28.4 Å². The highest BCUT2D eigenvalue weighted by molar-refractivity contribution is 6.74. The van der Waals surface area contributed by atoms with Crippen LogP contribution in [0.3, 0.4) is 0 Å². The standard InChI is InChI=1S/C17H34O3Si/c1-16(2,3)12-10-11-13(14(12)15(18)19-7)20-21(8,9)17(4,5)6/h12-14H,10-11H2,1-9H3/t12-,13-,14+/m0/s1. The summed E-state index contributed by atoms with van der Waals surface area (Å²) in [4.78, 5) is 12.3. The lowest BCUT2D eigenvalue weighted by molar-refractivity contribution is -0.151. The highest BCUT2D eigenvalue weighted by Gasteiger charge is 2.50. The van der Waals surface area contributed by atoms with E-state index in [1.54, 1.807) is 0 Å². The number of esters is 1. The largest absolute Gasteiger partial charge is 0.469 e. The molecular weight excluding hydrogens is 280 g/mol. The van der Waals surface area contributed by atoms with Gasteiger partial charge in [-0.3, -0.25) is 4.79 Å². The Hall–Kier alpha value is -0.353. The zero-order valence-corrected chi connectivity index (χ0v) is 16.4. The number of carbonyl (C=O) groups is 1. The number of rotatable bonds is 3. The summed E-state index contributed by atoms with van der Waals surface area (Å²) in [6.07, 6.45) is 2.03. The van der Waals surface area contributed by atoms with Crippen molar-refractivity contribution in [3.8, 4) is 0 Å². The molecule has 1 aliphatic rings. The molecule has 0 unspecified atom stereocenters. The van der Waals surface area contributed by atoms with Gasteiger partial charge in [0.15, 0.2) is 8.32 Å². The summed E-state index contributed by atoms with van der Waals surface area (Å²) in [5.41, 5.74) is 0.102. The Kier molecular flexibility index (Phi) is 5.37. The average molecular weight is 315 g/mol. The van der Waals surface area contributed by atoms with Crippen molar-refractivity contribution in [2.75, 3.05) is 7.11 Å². The molecule has 1 rings (SSSR count). The zero-order chi connectivity index (χ0) is 16.6. The fourth-order valence-corrected chi connectivity index (χ4v) is 4.45. The molecule has 0 aromatic carbocycles.